The van der Waals surface area contributed by atoms with Gasteiger partial charge in [-0.15, -0.1) is 6.58 Å². The molecule has 0 aromatic rings. The fourth-order valence-corrected chi connectivity index (χ4v) is 0.577. The molecule has 0 aromatic carbocycles. The first kappa shape index (κ1) is 9.53. The van der Waals surface area contributed by atoms with Crippen molar-refractivity contribution in [2.45, 2.75) is 31.9 Å². The van der Waals surface area contributed by atoms with Gasteiger partial charge < -0.3 is 0 Å². The molecule has 3 heteroatoms. The molecule has 0 radical (unpaired) electrons. The van der Waals surface area contributed by atoms with Crippen LogP contribution in [-0.2, 0) is 0 Å². The van der Waals surface area contributed by atoms with Gasteiger partial charge in [0.05, 0.1) is 0 Å². The van der Waals surface area contributed by atoms with Crippen molar-refractivity contribution in [2.24, 2.45) is 0 Å². The number of rotatable bonds is 4. The summed E-state index contributed by atoms with van der Waals surface area (Å²) in [5.41, 5.74) is 0. The molecule has 0 amide bonds. The van der Waals surface area contributed by atoms with E-state index in [-0.39, 0.29) is 6.42 Å². The molecule has 0 rings (SSSR count). The Balaban J connectivity index is 3.68. The third-order valence-corrected chi connectivity index (χ3v) is 1.18. The average molecular weight is 152 g/mol. The smallest absolute Gasteiger partial charge is 0.162 e. The molecule has 0 aliphatic rings. The summed E-state index contributed by atoms with van der Waals surface area (Å²) < 4.78 is 36.7. The van der Waals surface area contributed by atoms with Gasteiger partial charge >= 0.3 is 0 Å². The Hall–Kier alpha value is -0.470. The molecule has 0 spiro atoms. The van der Waals surface area contributed by atoms with Gasteiger partial charge in [0.1, 0.15) is 12.3 Å². The molecule has 0 saturated heterocycles. The lowest BCUT2D eigenvalue weighted by molar-refractivity contribution is 0.0931. The highest BCUT2D eigenvalue weighted by atomic mass is 19.2. The first-order chi connectivity index (χ1) is 4.59. The normalized spacial score (nSPS) is 19.6. The van der Waals surface area contributed by atoms with Gasteiger partial charge in [0, 0.05) is 0 Å². The minimum atomic E-state index is -2.02. The summed E-state index contributed by atoms with van der Waals surface area (Å²) in [6.07, 6.45) is -4.40. The number of halogens is 3. The minimum Gasteiger partial charge on any atom is -0.244 e. The third kappa shape index (κ3) is 2.90. The molecule has 60 valence electrons. The lowest BCUT2D eigenvalue weighted by Crippen LogP contribution is -2.25. The fourth-order valence-electron chi connectivity index (χ4n) is 0.577. The Morgan fingerprint density at radius 3 is 2.20 bits per heavy atom. The molecular formula is C7H11F3. The van der Waals surface area contributed by atoms with Crippen LogP contribution in [0, 0.1) is 0 Å². The zero-order valence-electron chi connectivity index (χ0n) is 5.86. The van der Waals surface area contributed by atoms with Crippen molar-refractivity contribution < 1.29 is 13.2 Å². The Morgan fingerprint density at radius 2 is 1.90 bits per heavy atom. The predicted molar refractivity (Wildman–Crippen MR) is 35.2 cm³/mol. The van der Waals surface area contributed by atoms with Gasteiger partial charge in [-0.3, -0.25) is 0 Å². The summed E-state index contributed by atoms with van der Waals surface area (Å²) in [7, 11) is 0. The number of hydrogen-bond donors (Lipinski definition) is 0. The van der Waals surface area contributed by atoms with E-state index in [2.05, 4.69) is 6.58 Å². The van der Waals surface area contributed by atoms with Crippen LogP contribution in [0.3, 0.4) is 0 Å². The maximum atomic E-state index is 12.4. The van der Waals surface area contributed by atoms with Gasteiger partial charge in [-0.2, -0.15) is 0 Å². The van der Waals surface area contributed by atoms with Gasteiger partial charge in [0.2, 0.25) is 0 Å². The van der Waals surface area contributed by atoms with Crippen molar-refractivity contribution in [1.82, 2.24) is 0 Å². The predicted octanol–water partition coefficient (Wildman–Crippen LogP) is 2.60. The molecule has 0 N–H and O–H groups in total. The van der Waals surface area contributed by atoms with Gasteiger partial charge in [-0.1, -0.05) is 6.08 Å². The number of hydrogen-bond acceptors (Lipinski definition) is 0. The highest BCUT2D eigenvalue weighted by Crippen LogP contribution is 2.14. The molecule has 0 aromatic heterocycles. The Bertz CT molecular complexity index is 101. The van der Waals surface area contributed by atoms with E-state index in [9.17, 15) is 13.2 Å². The van der Waals surface area contributed by atoms with E-state index in [4.69, 9.17) is 0 Å². The first-order valence-electron chi connectivity index (χ1n) is 3.12. The van der Waals surface area contributed by atoms with Gasteiger partial charge in [-0.25, -0.2) is 13.2 Å². The van der Waals surface area contributed by atoms with E-state index in [1.54, 1.807) is 0 Å². The molecule has 3 atom stereocenters. The minimum absolute atomic E-state index is 0.130. The second-order valence-electron chi connectivity index (χ2n) is 2.16. The summed E-state index contributed by atoms with van der Waals surface area (Å²) in [4.78, 5) is 0. The lowest BCUT2D eigenvalue weighted by Gasteiger charge is -2.11. The molecular weight excluding hydrogens is 141 g/mol. The van der Waals surface area contributed by atoms with Crippen molar-refractivity contribution in [3.63, 3.8) is 0 Å². The van der Waals surface area contributed by atoms with Crippen LogP contribution in [0.4, 0.5) is 13.2 Å². The summed E-state index contributed by atoms with van der Waals surface area (Å²) in [5.74, 6) is 0. The SMILES string of the molecule is C=CCC(F)C(F)C(C)F. The maximum Gasteiger partial charge on any atom is 0.162 e. The Kier molecular flexibility index (Phi) is 4.16. The van der Waals surface area contributed by atoms with Crippen LogP contribution in [0.15, 0.2) is 12.7 Å². The second-order valence-corrected chi connectivity index (χ2v) is 2.16. The lowest BCUT2D eigenvalue weighted by atomic mass is 10.1. The number of allylic oxidation sites excluding steroid dienone is 1. The molecule has 0 aliphatic heterocycles. The van der Waals surface area contributed by atoms with E-state index >= 15 is 0 Å². The van der Waals surface area contributed by atoms with Crippen LogP contribution >= 0.6 is 0 Å². The topological polar surface area (TPSA) is 0 Å². The van der Waals surface area contributed by atoms with Crippen LogP contribution in [0.25, 0.3) is 0 Å². The highest BCUT2D eigenvalue weighted by Gasteiger charge is 2.24. The van der Waals surface area contributed by atoms with Crippen molar-refractivity contribution >= 4 is 0 Å². The van der Waals surface area contributed by atoms with E-state index in [0.717, 1.165) is 6.92 Å². The van der Waals surface area contributed by atoms with Gasteiger partial charge in [0.25, 0.3) is 0 Å². The van der Waals surface area contributed by atoms with E-state index < -0.39 is 18.5 Å². The van der Waals surface area contributed by atoms with E-state index in [1.807, 2.05) is 0 Å². The monoisotopic (exact) mass is 152 g/mol. The van der Waals surface area contributed by atoms with Crippen molar-refractivity contribution in [2.75, 3.05) is 0 Å². The molecule has 0 bridgehead atoms. The molecule has 3 unspecified atom stereocenters. The molecule has 0 saturated carbocycles. The fraction of sp³-hybridized carbons (Fsp3) is 0.714. The molecule has 0 fully saturated rings. The standard InChI is InChI=1S/C7H11F3/c1-3-4-6(9)7(10)5(2)8/h3,5-7H,1,4H2,2H3. The molecule has 10 heavy (non-hydrogen) atoms. The van der Waals surface area contributed by atoms with E-state index in [0.29, 0.717) is 0 Å². The highest BCUT2D eigenvalue weighted by molar-refractivity contribution is 4.80. The molecule has 0 aliphatic carbocycles. The summed E-state index contributed by atoms with van der Waals surface area (Å²) in [6.45, 7) is 4.21. The Morgan fingerprint density at radius 1 is 1.40 bits per heavy atom. The van der Waals surface area contributed by atoms with Crippen LogP contribution in [0.5, 0.6) is 0 Å². The van der Waals surface area contributed by atoms with Gasteiger partial charge in [-0.05, 0) is 13.3 Å². The van der Waals surface area contributed by atoms with Crippen LogP contribution < -0.4 is 0 Å². The van der Waals surface area contributed by atoms with E-state index in [1.165, 1.54) is 6.08 Å². The van der Waals surface area contributed by atoms with Crippen molar-refractivity contribution in [3.8, 4) is 0 Å². The Labute approximate surface area is 58.7 Å². The largest absolute Gasteiger partial charge is 0.244 e. The van der Waals surface area contributed by atoms with Gasteiger partial charge in [0.15, 0.2) is 6.17 Å². The quantitative estimate of drug-likeness (QED) is 0.543. The van der Waals surface area contributed by atoms with Crippen molar-refractivity contribution in [1.29, 1.82) is 0 Å². The third-order valence-electron chi connectivity index (χ3n) is 1.18. The molecule has 0 heterocycles. The van der Waals surface area contributed by atoms with Crippen LogP contribution in [0.1, 0.15) is 13.3 Å². The van der Waals surface area contributed by atoms with Crippen molar-refractivity contribution in [3.05, 3.63) is 12.7 Å². The summed E-state index contributed by atoms with van der Waals surface area (Å²) in [6, 6.07) is 0. The first-order valence-corrected chi connectivity index (χ1v) is 3.12. The van der Waals surface area contributed by atoms with Crippen LogP contribution in [-0.4, -0.2) is 18.5 Å². The number of alkyl halides is 3. The van der Waals surface area contributed by atoms with Crippen LogP contribution in [0.2, 0.25) is 0 Å². The second kappa shape index (κ2) is 4.36. The zero-order chi connectivity index (χ0) is 8.15. The summed E-state index contributed by atoms with van der Waals surface area (Å²) >= 11 is 0. The maximum absolute atomic E-state index is 12.4. The average Bonchev–Trinajstić information content (AvgIpc) is 1.87. The summed E-state index contributed by atoms with van der Waals surface area (Å²) in [5, 5.41) is 0. The zero-order valence-corrected chi connectivity index (χ0v) is 5.86. The molecule has 0 nitrogen and oxygen atoms in total.